The summed E-state index contributed by atoms with van der Waals surface area (Å²) < 4.78 is 7.97. The van der Waals surface area contributed by atoms with Crippen LogP contribution in [-0.2, 0) is 17.8 Å². The Morgan fingerprint density at radius 2 is 1.94 bits per heavy atom. The van der Waals surface area contributed by atoms with Crippen LogP contribution >= 0.6 is 0 Å². The number of aromatic nitrogens is 4. The number of imidazole rings is 1. The number of carbonyl (C=O) groups excluding carboxylic acids is 1. The average Bonchev–Trinajstić information content (AvgIpc) is 3.78. The van der Waals surface area contributed by atoms with Crippen molar-refractivity contribution in [2.75, 3.05) is 56.2 Å². The van der Waals surface area contributed by atoms with E-state index in [0.717, 1.165) is 49.4 Å². The van der Waals surface area contributed by atoms with Crippen LogP contribution in [0.5, 0.6) is 6.01 Å². The molecule has 3 aliphatic rings. The number of likely N-dealkylation sites (tertiary alicyclic amines) is 1. The fraction of sp³-hybridized carbons (Fsp3) is 0.417. The SMILES string of the molecule is C=C(C(=O)N1CCN(c2nc(OC[C@@H]3CCCN3C)nc3c2CCN(c2cccc4cccc(C)c24)C3)C[C@@H]1CC#N)n1ccnc1. The second-order valence-electron chi connectivity index (χ2n) is 12.8. The standard InChI is InChI=1S/C36H41N9O2/c1-25-7-4-8-27-9-5-11-32(33(25)27)42-17-13-30-31(22-42)39-36(47-23-29-10-6-16-41(29)3)40-34(30)43-19-20-45(28(21-43)12-14-37)35(46)26(2)44-18-15-38-24-44/h4-5,7-9,11,15,18,24,28-29H,2,6,10,12-13,16-17,19-23H2,1,3H3/t28-,29-/m0/s1. The third-order valence-electron chi connectivity index (χ3n) is 9.96. The first-order chi connectivity index (χ1) is 22.9. The maximum absolute atomic E-state index is 13.5. The molecule has 2 aromatic heterocycles. The number of likely N-dealkylation sites (N-methyl/N-ethyl adjacent to an activating group) is 1. The Morgan fingerprint density at radius 1 is 1.09 bits per heavy atom. The largest absolute Gasteiger partial charge is 0.462 e. The molecule has 2 atom stereocenters. The number of anilines is 2. The summed E-state index contributed by atoms with van der Waals surface area (Å²) in [6.45, 7) is 10.8. The highest BCUT2D eigenvalue weighted by Gasteiger charge is 2.35. The molecule has 2 fully saturated rings. The van der Waals surface area contributed by atoms with Crippen LogP contribution < -0.4 is 14.5 Å². The van der Waals surface area contributed by atoms with Crippen molar-refractivity contribution in [1.29, 1.82) is 5.26 Å². The molecule has 2 saturated heterocycles. The van der Waals surface area contributed by atoms with E-state index >= 15 is 0 Å². The third-order valence-corrected chi connectivity index (χ3v) is 9.96. The van der Waals surface area contributed by atoms with Crippen LogP contribution in [-0.4, -0.2) is 93.7 Å². The molecule has 0 saturated carbocycles. The Hall–Kier alpha value is -4.95. The molecule has 2 aromatic carbocycles. The number of hydrogen-bond donors (Lipinski definition) is 0. The van der Waals surface area contributed by atoms with Crippen molar-refractivity contribution in [1.82, 2.24) is 29.3 Å². The number of rotatable bonds is 8. The molecule has 0 spiro atoms. The normalized spacial score (nSPS) is 19.9. The summed E-state index contributed by atoms with van der Waals surface area (Å²) in [6.07, 6.45) is 8.13. The van der Waals surface area contributed by atoms with E-state index < -0.39 is 0 Å². The first-order valence-electron chi connectivity index (χ1n) is 16.5. The topological polar surface area (TPSA) is 107 Å². The van der Waals surface area contributed by atoms with Gasteiger partial charge in [-0.05, 0) is 56.8 Å². The van der Waals surface area contributed by atoms with E-state index in [9.17, 15) is 10.1 Å². The lowest BCUT2D eigenvalue weighted by Gasteiger charge is -2.42. The molecule has 11 nitrogen and oxygen atoms in total. The van der Waals surface area contributed by atoms with Gasteiger partial charge in [-0.3, -0.25) is 4.79 Å². The number of ether oxygens (including phenoxy) is 1. The highest BCUT2D eigenvalue weighted by molar-refractivity contribution is 6.12. The zero-order valence-electron chi connectivity index (χ0n) is 27.2. The van der Waals surface area contributed by atoms with Crippen LogP contribution in [0.2, 0.25) is 0 Å². The number of nitrogens with zero attached hydrogens (tertiary/aromatic N) is 9. The molecule has 0 N–H and O–H groups in total. The molecule has 11 heteroatoms. The van der Waals surface area contributed by atoms with Crippen LogP contribution in [0.4, 0.5) is 11.5 Å². The fourth-order valence-electron chi connectivity index (χ4n) is 7.34. The number of benzene rings is 2. The summed E-state index contributed by atoms with van der Waals surface area (Å²) >= 11 is 0. The van der Waals surface area contributed by atoms with Crippen molar-refractivity contribution in [3.63, 3.8) is 0 Å². The van der Waals surface area contributed by atoms with Gasteiger partial charge < -0.3 is 28.9 Å². The van der Waals surface area contributed by atoms with E-state index in [-0.39, 0.29) is 18.4 Å². The third kappa shape index (κ3) is 6.01. The summed E-state index contributed by atoms with van der Waals surface area (Å²) in [5, 5.41) is 12.3. The van der Waals surface area contributed by atoms with E-state index in [4.69, 9.17) is 14.7 Å². The minimum Gasteiger partial charge on any atom is -0.462 e. The van der Waals surface area contributed by atoms with Crippen molar-refractivity contribution < 1.29 is 9.53 Å². The number of piperazine rings is 1. The van der Waals surface area contributed by atoms with Crippen molar-refractivity contribution in [3.05, 3.63) is 78.5 Å². The Morgan fingerprint density at radius 3 is 2.70 bits per heavy atom. The summed E-state index contributed by atoms with van der Waals surface area (Å²) in [6, 6.07) is 15.7. The van der Waals surface area contributed by atoms with E-state index in [2.05, 4.69) is 82.7 Å². The fourth-order valence-corrected chi connectivity index (χ4v) is 7.34. The molecular formula is C36H41N9O2. The molecule has 242 valence electrons. The summed E-state index contributed by atoms with van der Waals surface area (Å²) in [4.78, 5) is 36.4. The maximum Gasteiger partial charge on any atom is 0.318 e. The zero-order valence-corrected chi connectivity index (χ0v) is 27.2. The predicted octanol–water partition coefficient (Wildman–Crippen LogP) is 4.27. The van der Waals surface area contributed by atoms with Crippen molar-refractivity contribution in [3.8, 4) is 12.1 Å². The Bertz CT molecular complexity index is 1830. The maximum atomic E-state index is 13.5. The summed E-state index contributed by atoms with van der Waals surface area (Å²) in [5.41, 5.74) is 4.85. The molecule has 0 radical (unpaired) electrons. The Balaban J connectivity index is 1.20. The number of carbonyl (C=O) groups is 1. The van der Waals surface area contributed by atoms with Crippen LogP contribution in [0, 0.1) is 18.3 Å². The number of nitriles is 1. The van der Waals surface area contributed by atoms with Crippen molar-refractivity contribution in [2.24, 2.45) is 0 Å². The zero-order chi connectivity index (χ0) is 32.5. The second-order valence-corrected chi connectivity index (χ2v) is 12.8. The van der Waals surface area contributed by atoms with E-state index in [1.807, 2.05) is 0 Å². The predicted molar refractivity (Wildman–Crippen MR) is 182 cm³/mol. The number of hydrogen-bond acceptors (Lipinski definition) is 9. The molecule has 47 heavy (non-hydrogen) atoms. The number of aryl methyl sites for hydroxylation is 1. The quantitative estimate of drug-likeness (QED) is 0.264. The van der Waals surface area contributed by atoms with Gasteiger partial charge in [-0.15, -0.1) is 0 Å². The lowest BCUT2D eigenvalue weighted by molar-refractivity contribution is -0.128. The lowest BCUT2D eigenvalue weighted by Crippen LogP contribution is -2.56. The van der Waals surface area contributed by atoms with Gasteiger partial charge in [0.2, 0.25) is 0 Å². The number of amides is 1. The monoisotopic (exact) mass is 631 g/mol. The number of fused-ring (bicyclic) bond motifs is 2. The average molecular weight is 632 g/mol. The minimum atomic E-state index is -0.317. The molecule has 5 heterocycles. The van der Waals surface area contributed by atoms with Gasteiger partial charge in [-0.25, -0.2) is 4.98 Å². The Kier molecular flexibility index (Phi) is 8.52. The van der Waals surface area contributed by atoms with Crippen molar-refractivity contribution in [2.45, 2.75) is 51.2 Å². The summed E-state index contributed by atoms with van der Waals surface area (Å²) in [7, 11) is 2.14. The molecule has 0 aliphatic carbocycles. The van der Waals surface area contributed by atoms with Crippen LogP contribution in [0.3, 0.4) is 0 Å². The second kappa shape index (κ2) is 13.0. The molecule has 7 rings (SSSR count). The van der Waals surface area contributed by atoms with Crippen LogP contribution in [0.15, 0.2) is 61.7 Å². The van der Waals surface area contributed by atoms with Gasteiger partial charge in [0.15, 0.2) is 0 Å². The van der Waals surface area contributed by atoms with E-state index in [1.54, 1.807) is 28.2 Å². The van der Waals surface area contributed by atoms with Gasteiger partial charge in [0.25, 0.3) is 5.91 Å². The van der Waals surface area contributed by atoms with E-state index in [1.165, 1.54) is 22.0 Å². The van der Waals surface area contributed by atoms with Gasteiger partial charge in [0.1, 0.15) is 18.1 Å². The molecular weight excluding hydrogens is 590 g/mol. The minimum absolute atomic E-state index is 0.196. The molecule has 1 amide bonds. The highest BCUT2D eigenvalue weighted by atomic mass is 16.5. The van der Waals surface area contributed by atoms with Gasteiger partial charge in [0, 0.05) is 61.3 Å². The van der Waals surface area contributed by atoms with Gasteiger partial charge >= 0.3 is 6.01 Å². The van der Waals surface area contributed by atoms with Crippen LogP contribution in [0.25, 0.3) is 16.5 Å². The van der Waals surface area contributed by atoms with Gasteiger partial charge in [-0.1, -0.05) is 36.9 Å². The smallest absolute Gasteiger partial charge is 0.318 e. The van der Waals surface area contributed by atoms with E-state index in [0.29, 0.717) is 50.5 Å². The summed E-state index contributed by atoms with van der Waals surface area (Å²) in [5.74, 6) is 0.653. The first-order valence-corrected chi connectivity index (χ1v) is 16.5. The first kappa shape index (κ1) is 30.7. The lowest BCUT2D eigenvalue weighted by atomic mass is 9.99. The van der Waals surface area contributed by atoms with Gasteiger partial charge in [0.05, 0.1) is 37.1 Å². The Labute approximate surface area is 275 Å². The molecule has 0 unspecified atom stereocenters. The van der Waals surface area contributed by atoms with Crippen LogP contribution in [0.1, 0.15) is 36.1 Å². The van der Waals surface area contributed by atoms with Crippen molar-refractivity contribution >= 4 is 33.9 Å². The molecule has 0 bridgehead atoms. The van der Waals surface area contributed by atoms with Gasteiger partial charge in [-0.2, -0.15) is 15.2 Å². The molecule has 4 aromatic rings. The molecule has 3 aliphatic heterocycles. The highest BCUT2D eigenvalue weighted by Crippen LogP contribution is 2.36.